The number of imidazole rings is 1. The second-order valence-corrected chi connectivity index (χ2v) is 6.61. The molecule has 0 bridgehead atoms. The van der Waals surface area contributed by atoms with Gasteiger partial charge in [0.15, 0.2) is 0 Å². The summed E-state index contributed by atoms with van der Waals surface area (Å²) in [5.41, 5.74) is 4.06. The molecule has 136 valence electrons. The van der Waals surface area contributed by atoms with Gasteiger partial charge in [-0.3, -0.25) is 4.79 Å². The second kappa shape index (κ2) is 7.25. The first kappa shape index (κ1) is 18.1. The molecular weight excluding hydrogens is 331 g/mol. The van der Waals surface area contributed by atoms with E-state index >= 15 is 0 Å². The molecule has 0 aliphatic heterocycles. The van der Waals surface area contributed by atoms with Crippen LogP contribution < -0.4 is 10.6 Å². The standard InChI is InChI=1S/C20H23FN4O/c1-12-5-6-14(9-16(12)24-20(26)13(2)11-22-3)19-23-17-10-15(21)7-8-18(17)25(19)4/h5-10,13,22H,11H2,1-4H3,(H,24,26). The number of fused-ring (bicyclic) bond motifs is 1. The molecule has 3 aromatic rings. The monoisotopic (exact) mass is 354 g/mol. The van der Waals surface area contributed by atoms with Gasteiger partial charge in [-0.15, -0.1) is 0 Å². The molecule has 1 amide bonds. The zero-order valence-corrected chi connectivity index (χ0v) is 15.4. The smallest absolute Gasteiger partial charge is 0.228 e. The van der Waals surface area contributed by atoms with Crippen molar-refractivity contribution >= 4 is 22.6 Å². The van der Waals surface area contributed by atoms with Crippen LogP contribution in [0.4, 0.5) is 10.1 Å². The molecule has 5 nitrogen and oxygen atoms in total. The third-order valence-corrected chi connectivity index (χ3v) is 4.55. The number of benzene rings is 2. The van der Waals surface area contributed by atoms with Crippen LogP contribution in [-0.2, 0) is 11.8 Å². The summed E-state index contributed by atoms with van der Waals surface area (Å²) in [5, 5.41) is 6.00. The highest BCUT2D eigenvalue weighted by Gasteiger charge is 2.15. The summed E-state index contributed by atoms with van der Waals surface area (Å²) in [6.07, 6.45) is 0. The van der Waals surface area contributed by atoms with E-state index in [2.05, 4.69) is 15.6 Å². The third-order valence-electron chi connectivity index (χ3n) is 4.55. The summed E-state index contributed by atoms with van der Waals surface area (Å²) in [6, 6.07) is 10.4. The number of nitrogens with zero attached hydrogens (tertiary/aromatic N) is 2. The molecule has 2 aromatic carbocycles. The number of halogens is 1. The molecule has 6 heteroatoms. The van der Waals surface area contributed by atoms with Gasteiger partial charge >= 0.3 is 0 Å². The van der Waals surface area contributed by atoms with Gasteiger partial charge in [0.1, 0.15) is 11.6 Å². The number of anilines is 1. The lowest BCUT2D eigenvalue weighted by Crippen LogP contribution is -2.28. The lowest BCUT2D eigenvalue weighted by Gasteiger charge is -2.14. The van der Waals surface area contributed by atoms with E-state index in [1.165, 1.54) is 12.1 Å². The van der Waals surface area contributed by atoms with Gasteiger partial charge in [-0.25, -0.2) is 9.37 Å². The molecule has 0 fully saturated rings. The molecule has 3 rings (SSSR count). The SMILES string of the molecule is CNCC(C)C(=O)Nc1cc(-c2nc3cc(F)ccc3n2C)ccc1C. The van der Waals surface area contributed by atoms with Gasteiger partial charge in [-0.05, 0) is 37.7 Å². The van der Waals surface area contributed by atoms with Crippen LogP contribution in [0.25, 0.3) is 22.4 Å². The average Bonchev–Trinajstić information content (AvgIpc) is 2.93. The first-order chi connectivity index (χ1) is 12.4. The van der Waals surface area contributed by atoms with Crippen molar-refractivity contribution in [2.75, 3.05) is 18.9 Å². The van der Waals surface area contributed by atoms with E-state index in [0.717, 1.165) is 28.2 Å². The molecule has 0 aliphatic carbocycles. The highest BCUT2D eigenvalue weighted by Crippen LogP contribution is 2.28. The predicted molar refractivity (Wildman–Crippen MR) is 103 cm³/mol. The summed E-state index contributed by atoms with van der Waals surface area (Å²) in [7, 11) is 3.72. The lowest BCUT2D eigenvalue weighted by molar-refractivity contribution is -0.119. The number of hydrogen-bond acceptors (Lipinski definition) is 3. The van der Waals surface area contributed by atoms with E-state index < -0.39 is 0 Å². The van der Waals surface area contributed by atoms with Gasteiger partial charge in [-0.1, -0.05) is 19.1 Å². The Bertz CT molecular complexity index is 964. The summed E-state index contributed by atoms with van der Waals surface area (Å²) in [4.78, 5) is 16.9. The van der Waals surface area contributed by atoms with Crippen molar-refractivity contribution in [2.24, 2.45) is 13.0 Å². The predicted octanol–water partition coefficient (Wildman–Crippen LogP) is 3.48. The number of carbonyl (C=O) groups excluding carboxylic acids is 1. The van der Waals surface area contributed by atoms with Crippen LogP contribution in [0.5, 0.6) is 0 Å². The number of hydrogen-bond donors (Lipinski definition) is 2. The number of aromatic nitrogens is 2. The van der Waals surface area contributed by atoms with Crippen molar-refractivity contribution in [1.29, 1.82) is 0 Å². The van der Waals surface area contributed by atoms with Crippen LogP contribution in [0.2, 0.25) is 0 Å². The largest absolute Gasteiger partial charge is 0.327 e. The number of carbonyl (C=O) groups is 1. The topological polar surface area (TPSA) is 59.0 Å². The molecule has 1 unspecified atom stereocenters. The Kier molecular flexibility index (Phi) is 5.04. The molecule has 1 heterocycles. The van der Waals surface area contributed by atoms with E-state index in [1.54, 1.807) is 6.07 Å². The van der Waals surface area contributed by atoms with Gasteiger partial charge in [0, 0.05) is 36.8 Å². The molecular formula is C20H23FN4O. The number of aryl methyl sites for hydroxylation is 2. The Labute approximate surface area is 152 Å². The Morgan fingerprint density at radius 2 is 2.04 bits per heavy atom. The van der Waals surface area contributed by atoms with Crippen molar-refractivity contribution in [3.8, 4) is 11.4 Å². The molecule has 0 saturated heterocycles. The van der Waals surface area contributed by atoms with Crippen LogP contribution in [0.1, 0.15) is 12.5 Å². The van der Waals surface area contributed by atoms with E-state index in [0.29, 0.717) is 12.1 Å². The molecule has 1 aromatic heterocycles. The Morgan fingerprint density at radius 3 is 2.77 bits per heavy atom. The number of rotatable bonds is 5. The maximum atomic E-state index is 13.5. The first-order valence-corrected chi connectivity index (χ1v) is 8.59. The summed E-state index contributed by atoms with van der Waals surface area (Å²) >= 11 is 0. The lowest BCUT2D eigenvalue weighted by atomic mass is 10.1. The zero-order valence-electron chi connectivity index (χ0n) is 15.4. The fourth-order valence-corrected chi connectivity index (χ4v) is 2.98. The summed E-state index contributed by atoms with van der Waals surface area (Å²) in [5.74, 6) is 0.246. The molecule has 0 saturated carbocycles. The molecule has 1 atom stereocenters. The van der Waals surface area contributed by atoms with E-state index in [4.69, 9.17) is 0 Å². The van der Waals surface area contributed by atoms with Crippen molar-refractivity contribution in [1.82, 2.24) is 14.9 Å². The maximum absolute atomic E-state index is 13.5. The van der Waals surface area contributed by atoms with Crippen LogP contribution in [0, 0.1) is 18.7 Å². The van der Waals surface area contributed by atoms with Gasteiger partial charge in [0.2, 0.25) is 5.91 Å². The average molecular weight is 354 g/mol. The Hall–Kier alpha value is -2.73. The van der Waals surface area contributed by atoms with Crippen molar-refractivity contribution in [3.05, 3.63) is 47.8 Å². The fraction of sp³-hybridized carbons (Fsp3) is 0.300. The Morgan fingerprint density at radius 1 is 1.27 bits per heavy atom. The van der Waals surface area contributed by atoms with Crippen molar-refractivity contribution in [2.45, 2.75) is 13.8 Å². The van der Waals surface area contributed by atoms with Crippen LogP contribution in [0.15, 0.2) is 36.4 Å². The van der Waals surface area contributed by atoms with E-state index in [-0.39, 0.29) is 17.6 Å². The quantitative estimate of drug-likeness (QED) is 0.737. The van der Waals surface area contributed by atoms with E-state index in [9.17, 15) is 9.18 Å². The van der Waals surface area contributed by atoms with Crippen molar-refractivity contribution < 1.29 is 9.18 Å². The van der Waals surface area contributed by atoms with Gasteiger partial charge in [0.05, 0.1) is 11.0 Å². The summed E-state index contributed by atoms with van der Waals surface area (Å²) in [6.45, 7) is 4.44. The van der Waals surface area contributed by atoms with Gasteiger partial charge < -0.3 is 15.2 Å². The molecule has 0 spiro atoms. The minimum absolute atomic E-state index is 0.0355. The van der Waals surface area contributed by atoms with Gasteiger partial charge in [-0.2, -0.15) is 0 Å². The maximum Gasteiger partial charge on any atom is 0.228 e. The summed E-state index contributed by atoms with van der Waals surface area (Å²) < 4.78 is 15.4. The molecule has 0 radical (unpaired) electrons. The second-order valence-electron chi connectivity index (χ2n) is 6.61. The normalized spacial score (nSPS) is 12.3. The highest BCUT2D eigenvalue weighted by atomic mass is 19.1. The van der Waals surface area contributed by atoms with Gasteiger partial charge in [0.25, 0.3) is 0 Å². The van der Waals surface area contributed by atoms with Crippen LogP contribution in [-0.4, -0.2) is 29.1 Å². The Balaban J connectivity index is 1.97. The molecule has 26 heavy (non-hydrogen) atoms. The fourth-order valence-electron chi connectivity index (χ4n) is 2.98. The zero-order chi connectivity index (χ0) is 18.8. The number of amides is 1. The highest BCUT2D eigenvalue weighted by molar-refractivity contribution is 5.94. The third kappa shape index (κ3) is 3.46. The minimum Gasteiger partial charge on any atom is -0.327 e. The van der Waals surface area contributed by atoms with Crippen molar-refractivity contribution in [3.63, 3.8) is 0 Å². The number of nitrogens with one attached hydrogen (secondary N) is 2. The first-order valence-electron chi connectivity index (χ1n) is 8.59. The minimum atomic E-state index is -0.308. The van der Waals surface area contributed by atoms with Crippen LogP contribution >= 0.6 is 0 Å². The van der Waals surface area contributed by atoms with Crippen LogP contribution in [0.3, 0.4) is 0 Å². The molecule has 2 N–H and O–H groups in total. The van der Waals surface area contributed by atoms with E-state index in [1.807, 2.05) is 50.7 Å². The molecule has 0 aliphatic rings.